The second kappa shape index (κ2) is 7.35. The van der Waals surface area contributed by atoms with Crippen molar-refractivity contribution in [1.29, 1.82) is 0 Å². The van der Waals surface area contributed by atoms with Gasteiger partial charge in [-0.3, -0.25) is 14.5 Å². The average Bonchev–Trinajstić information content (AvgIpc) is 2.91. The van der Waals surface area contributed by atoms with Crippen molar-refractivity contribution in [3.8, 4) is 0 Å². The van der Waals surface area contributed by atoms with Crippen LogP contribution in [0.3, 0.4) is 0 Å². The molecule has 2 rings (SSSR count). The van der Waals surface area contributed by atoms with Gasteiger partial charge in [0.15, 0.2) is 0 Å². The number of benzene rings is 1. The highest BCUT2D eigenvalue weighted by atomic mass is 19.1. The maximum absolute atomic E-state index is 13.8. The number of rotatable bonds is 5. The SMILES string of the molecule is CCC(=O)N[C@H]1C[C@@H](C(=O)OC)N(Cc2ccccc2F)C1. The molecule has 1 aromatic carbocycles. The Kier molecular flexibility index (Phi) is 5.49. The number of carbonyl (C=O) groups excluding carboxylic acids is 2. The minimum atomic E-state index is -0.466. The van der Waals surface area contributed by atoms with E-state index in [1.807, 2.05) is 4.90 Å². The first-order chi connectivity index (χ1) is 10.5. The summed E-state index contributed by atoms with van der Waals surface area (Å²) in [5.74, 6) is -0.710. The van der Waals surface area contributed by atoms with E-state index in [0.717, 1.165) is 0 Å². The molecule has 2 atom stereocenters. The number of esters is 1. The van der Waals surface area contributed by atoms with Gasteiger partial charge in [-0.05, 0) is 12.5 Å². The molecule has 0 radical (unpaired) electrons. The molecule has 0 bridgehead atoms. The van der Waals surface area contributed by atoms with E-state index < -0.39 is 6.04 Å². The Bertz CT molecular complexity index is 550. The van der Waals surface area contributed by atoms with E-state index in [9.17, 15) is 14.0 Å². The number of ether oxygens (including phenoxy) is 1. The van der Waals surface area contributed by atoms with Crippen LogP contribution in [0.4, 0.5) is 4.39 Å². The molecular weight excluding hydrogens is 287 g/mol. The van der Waals surface area contributed by atoms with Gasteiger partial charge in [-0.15, -0.1) is 0 Å². The number of halogens is 1. The fraction of sp³-hybridized carbons (Fsp3) is 0.500. The zero-order chi connectivity index (χ0) is 16.1. The Balaban J connectivity index is 2.10. The second-order valence-corrected chi connectivity index (χ2v) is 5.41. The second-order valence-electron chi connectivity index (χ2n) is 5.41. The normalized spacial score (nSPS) is 21.6. The summed E-state index contributed by atoms with van der Waals surface area (Å²) < 4.78 is 18.6. The maximum atomic E-state index is 13.8. The van der Waals surface area contributed by atoms with Crippen molar-refractivity contribution in [1.82, 2.24) is 10.2 Å². The van der Waals surface area contributed by atoms with Gasteiger partial charge >= 0.3 is 5.97 Å². The van der Waals surface area contributed by atoms with Crippen LogP contribution < -0.4 is 5.32 Å². The molecule has 1 aliphatic heterocycles. The predicted octanol–water partition coefficient (Wildman–Crippen LogP) is 1.47. The number of carbonyl (C=O) groups is 2. The topological polar surface area (TPSA) is 58.6 Å². The third-order valence-electron chi connectivity index (χ3n) is 3.89. The monoisotopic (exact) mass is 308 g/mol. The molecule has 1 aliphatic rings. The third kappa shape index (κ3) is 3.82. The summed E-state index contributed by atoms with van der Waals surface area (Å²) in [5.41, 5.74) is 0.527. The Labute approximate surface area is 129 Å². The van der Waals surface area contributed by atoms with Gasteiger partial charge in [0.05, 0.1) is 7.11 Å². The van der Waals surface area contributed by atoms with Gasteiger partial charge < -0.3 is 10.1 Å². The molecule has 0 saturated carbocycles. The maximum Gasteiger partial charge on any atom is 0.323 e. The third-order valence-corrected chi connectivity index (χ3v) is 3.89. The lowest BCUT2D eigenvalue weighted by Gasteiger charge is -2.22. The summed E-state index contributed by atoms with van der Waals surface area (Å²) in [4.78, 5) is 25.3. The lowest BCUT2D eigenvalue weighted by Crippen LogP contribution is -2.37. The zero-order valence-electron chi connectivity index (χ0n) is 12.8. The van der Waals surface area contributed by atoms with Gasteiger partial charge in [-0.2, -0.15) is 0 Å². The fourth-order valence-electron chi connectivity index (χ4n) is 2.74. The van der Waals surface area contributed by atoms with Crippen molar-refractivity contribution in [3.63, 3.8) is 0 Å². The lowest BCUT2D eigenvalue weighted by molar-refractivity contribution is -0.146. The van der Waals surface area contributed by atoms with Gasteiger partial charge in [0.25, 0.3) is 0 Å². The fourth-order valence-corrected chi connectivity index (χ4v) is 2.74. The number of hydrogen-bond acceptors (Lipinski definition) is 4. The predicted molar refractivity (Wildman–Crippen MR) is 79.5 cm³/mol. The zero-order valence-corrected chi connectivity index (χ0v) is 12.8. The van der Waals surface area contributed by atoms with E-state index in [1.165, 1.54) is 13.2 Å². The Morgan fingerprint density at radius 2 is 2.14 bits per heavy atom. The molecule has 1 saturated heterocycles. The summed E-state index contributed by atoms with van der Waals surface area (Å²) in [7, 11) is 1.33. The van der Waals surface area contributed by atoms with Gasteiger partial charge in [0.2, 0.25) is 5.91 Å². The van der Waals surface area contributed by atoms with Crippen molar-refractivity contribution >= 4 is 11.9 Å². The van der Waals surface area contributed by atoms with Crippen molar-refractivity contribution in [3.05, 3.63) is 35.6 Å². The average molecular weight is 308 g/mol. The summed E-state index contributed by atoms with van der Waals surface area (Å²) in [6, 6.07) is 5.90. The van der Waals surface area contributed by atoms with E-state index >= 15 is 0 Å². The largest absolute Gasteiger partial charge is 0.468 e. The van der Waals surface area contributed by atoms with Crippen molar-refractivity contribution in [2.75, 3.05) is 13.7 Å². The summed E-state index contributed by atoms with van der Waals surface area (Å²) >= 11 is 0. The van der Waals surface area contributed by atoms with Gasteiger partial charge in [-0.1, -0.05) is 25.1 Å². The van der Waals surface area contributed by atoms with E-state index in [2.05, 4.69) is 5.32 Å². The van der Waals surface area contributed by atoms with Crippen molar-refractivity contribution < 1.29 is 18.7 Å². The molecule has 1 N–H and O–H groups in total. The molecule has 0 aliphatic carbocycles. The summed E-state index contributed by atoms with van der Waals surface area (Å²) in [6.07, 6.45) is 0.875. The van der Waals surface area contributed by atoms with Gasteiger partial charge in [-0.25, -0.2) is 4.39 Å². The van der Waals surface area contributed by atoms with Crippen molar-refractivity contribution in [2.24, 2.45) is 0 Å². The van der Waals surface area contributed by atoms with E-state index in [4.69, 9.17) is 4.74 Å². The molecule has 22 heavy (non-hydrogen) atoms. The molecule has 0 aromatic heterocycles. The van der Waals surface area contributed by atoms with Crippen LogP contribution >= 0.6 is 0 Å². The van der Waals surface area contributed by atoms with Gasteiger partial charge in [0, 0.05) is 31.1 Å². The standard InChI is InChI=1S/C16H21FN2O3/c1-3-15(20)18-12-8-14(16(21)22-2)19(10-12)9-11-6-4-5-7-13(11)17/h4-7,12,14H,3,8-10H2,1-2H3,(H,18,20)/t12-,14-/m0/s1. The Hall–Kier alpha value is -1.95. The van der Waals surface area contributed by atoms with Crippen molar-refractivity contribution in [2.45, 2.75) is 38.4 Å². The molecule has 0 spiro atoms. The number of hydrogen-bond donors (Lipinski definition) is 1. The number of likely N-dealkylation sites (tertiary alicyclic amines) is 1. The van der Waals surface area contributed by atoms with E-state index in [1.54, 1.807) is 25.1 Å². The number of nitrogens with one attached hydrogen (secondary N) is 1. The Morgan fingerprint density at radius 3 is 2.77 bits per heavy atom. The number of amides is 1. The highest BCUT2D eigenvalue weighted by Crippen LogP contribution is 2.22. The molecular formula is C16H21FN2O3. The number of nitrogens with zero attached hydrogens (tertiary/aromatic N) is 1. The molecule has 1 amide bonds. The molecule has 0 unspecified atom stereocenters. The first kappa shape index (κ1) is 16.4. The van der Waals surface area contributed by atoms with Crippen LogP contribution in [0.15, 0.2) is 24.3 Å². The van der Waals surface area contributed by atoms with Crippen LogP contribution in [0.2, 0.25) is 0 Å². The smallest absolute Gasteiger partial charge is 0.323 e. The quantitative estimate of drug-likeness (QED) is 0.837. The summed E-state index contributed by atoms with van der Waals surface area (Å²) in [5, 5.41) is 2.89. The first-order valence-corrected chi connectivity index (χ1v) is 7.39. The van der Waals surface area contributed by atoms with E-state index in [0.29, 0.717) is 31.5 Å². The number of methoxy groups -OCH3 is 1. The summed E-state index contributed by atoms with van der Waals surface area (Å²) in [6.45, 7) is 2.59. The molecule has 1 heterocycles. The highest BCUT2D eigenvalue weighted by molar-refractivity contribution is 5.78. The van der Waals surface area contributed by atoms with Crippen LogP contribution in [0.1, 0.15) is 25.3 Å². The van der Waals surface area contributed by atoms with Crippen LogP contribution in [0.25, 0.3) is 0 Å². The molecule has 120 valence electrons. The van der Waals surface area contributed by atoms with Crippen LogP contribution in [0, 0.1) is 5.82 Å². The first-order valence-electron chi connectivity index (χ1n) is 7.39. The van der Waals surface area contributed by atoms with Gasteiger partial charge in [0.1, 0.15) is 11.9 Å². The minimum Gasteiger partial charge on any atom is -0.468 e. The highest BCUT2D eigenvalue weighted by Gasteiger charge is 2.38. The van der Waals surface area contributed by atoms with Crippen LogP contribution in [-0.2, 0) is 20.9 Å². The molecule has 1 aromatic rings. The Morgan fingerprint density at radius 1 is 1.41 bits per heavy atom. The lowest BCUT2D eigenvalue weighted by atomic mass is 10.1. The van der Waals surface area contributed by atoms with Crippen LogP contribution in [0.5, 0.6) is 0 Å². The van der Waals surface area contributed by atoms with E-state index in [-0.39, 0.29) is 23.7 Å². The molecule has 5 nitrogen and oxygen atoms in total. The molecule has 6 heteroatoms. The molecule has 1 fully saturated rings. The van der Waals surface area contributed by atoms with Crippen LogP contribution in [-0.4, -0.2) is 42.5 Å². The minimum absolute atomic E-state index is 0.0543.